The highest BCUT2D eigenvalue weighted by molar-refractivity contribution is 6.30. The molecule has 0 bridgehead atoms. The molecule has 0 spiro atoms. The zero-order chi connectivity index (χ0) is 11.6. The van der Waals surface area contributed by atoms with Crippen LogP contribution in [0.5, 0.6) is 5.75 Å². The van der Waals surface area contributed by atoms with Gasteiger partial charge < -0.3 is 4.74 Å². The molecule has 0 aromatic heterocycles. The molecule has 0 radical (unpaired) electrons. The Morgan fingerprint density at radius 2 is 2.07 bits per heavy atom. The van der Waals surface area contributed by atoms with Crippen LogP contribution in [0.25, 0.3) is 0 Å². The van der Waals surface area contributed by atoms with Gasteiger partial charge in [0.2, 0.25) is 0 Å². The highest BCUT2D eigenvalue weighted by Crippen LogP contribution is 2.36. The summed E-state index contributed by atoms with van der Waals surface area (Å²) in [6.45, 7) is 3.39. The first kappa shape index (κ1) is 11.8. The van der Waals surface area contributed by atoms with Crippen LogP contribution >= 0.6 is 11.6 Å². The number of hydrogen-bond donors (Lipinski definition) is 0. The molecular weight excluding hydrogens is 217 g/mol. The summed E-state index contributed by atoms with van der Waals surface area (Å²) in [6, 6.07) is 5.12. The third-order valence-corrected chi connectivity index (χ3v) is 2.50. The van der Waals surface area contributed by atoms with E-state index < -0.39 is 11.2 Å². The fourth-order valence-corrected chi connectivity index (χ4v) is 1.43. The van der Waals surface area contributed by atoms with Gasteiger partial charge in [-0.15, -0.1) is 0 Å². The van der Waals surface area contributed by atoms with Crippen molar-refractivity contribution in [1.82, 2.24) is 0 Å². The van der Waals surface area contributed by atoms with E-state index >= 15 is 0 Å². The van der Waals surface area contributed by atoms with Crippen molar-refractivity contribution in [2.45, 2.75) is 19.3 Å². The van der Waals surface area contributed by atoms with E-state index in [0.29, 0.717) is 5.56 Å². The lowest BCUT2D eigenvalue weighted by Crippen LogP contribution is -2.16. The van der Waals surface area contributed by atoms with E-state index in [9.17, 15) is 4.39 Å². The summed E-state index contributed by atoms with van der Waals surface area (Å²) in [6.07, 6.45) is 0. The molecule has 0 saturated heterocycles. The van der Waals surface area contributed by atoms with Crippen LogP contribution in [0.2, 0.25) is 5.02 Å². The molecule has 0 N–H and O–H groups in total. The zero-order valence-electron chi connectivity index (χ0n) is 8.77. The maximum Gasteiger partial charge on any atom is 0.183 e. The Balaban J connectivity index is 3.45. The summed E-state index contributed by atoms with van der Waals surface area (Å²) < 4.78 is 18.5. The summed E-state index contributed by atoms with van der Waals surface area (Å²) in [5, 5.41) is 8.96. The first-order valence-corrected chi connectivity index (χ1v) is 4.75. The van der Waals surface area contributed by atoms with Crippen LogP contribution in [-0.4, -0.2) is 7.11 Å². The van der Waals surface area contributed by atoms with Crippen molar-refractivity contribution >= 4 is 11.6 Å². The number of nitrogens with zero attached hydrogens (tertiary/aromatic N) is 1. The molecule has 0 saturated carbocycles. The van der Waals surface area contributed by atoms with E-state index in [1.54, 1.807) is 19.9 Å². The Hall–Kier alpha value is -1.27. The van der Waals surface area contributed by atoms with Gasteiger partial charge in [-0.3, -0.25) is 0 Å². The van der Waals surface area contributed by atoms with Gasteiger partial charge in [0.1, 0.15) is 0 Å². The van der Waals surface area contributed by atoms with Crippen LogP contribution in [0.15, 0.2) is 12.1 Å². The monoisotopic (exact) mass is 227 g/mol. The van der Waals surface area contributed by atoms with Crippen LogP contribution < -0.4 is 4.74 Å². The molecule has 2 nitrogen and oxygen atoms in total. The van der Waals surface area contributed by atoms with Crippen molar-refractivity contribution in [3.63, 3.8) is 0 Å². The second kappa shape index (κ2) is 4.08. The average Bonchev–Trinajstić information content (AvgIpc) is 2.21. The molecule has 0 atom stereocenters. The first-order valence-electron chi connectivity index (χ1n) is 4.37. The number of nitriles is 1. The summed E-state index contributed by atoms with van der Waals surface area (Å²) in [4.78, 5) is 0. The topological polar surface area (TPSA) is 33.0 Å². The molecule has 0 aliphatic carbocycles. The molecule has 0 heterocycles. The van der Waals surface area contributed by atoms with Crippen molar-refractivity contribution in [2.24, 2.45) is 0 Å². The van der Waals surface area contributed by atoms with Crippen LogP contribution in [0.4, 0.5) is 4.39 Å². The normalized spacial score (nSPS) is 10.9. The summed E-state index contributed by atoms with van der Waals surface area (Å²) in [5.74, 6) is -0.589. The molecule has 0 fully saturated rings. The van der Waals surface area contributed by atoms with E-state index in [1.165, 1.54) is 13.2 Å². The number of ether oxygens (including phenoxy) is 1. The van der Waals surface area contributed by atoms with Crippen molar-refractivity contribution in [2.75, 3.05) is 7.11 Å². The maximum atomic E-state index is 13.6. The maximum absolute atomic E-state index is 13.6. The number of benzene rings is 1. The highest BCUT2D eigenvalue weighted by atomic mass is 35.5. The van der Waals surface area contributed by atoms with Crippen LogP contribution in [0, 0.1) is 17.1 Å². The SMILES string of the molecule is COc1c(C(C)(C)C#N)ccc(Cl)c1F. The fraction of sp³-hybridized carbons (Fsp3) is 0.364. The fourth-order valence-electron chi connectivity index (χ4n) is 1.28. The number of hydrogen-bond acceptors (Lipinski definition) is 2. The molecule has 0 aliphatic heterocycles. The molecule has 0 amide bonds. The quantitative estimate of drug-likeness (QED) is 0.777. The number of rotatable bonds is 2. The molecule has 15 heavy (non-hydrogen) atoms. The lowest BCUT2D eigenvalue weighted by Gasteiger charge is -2.19. The van der Waals surface area contributed by atoms with E-state index in [4.69, 9.17) is 21.6 Å². The molecule has 0 unspecified atom stereocenters. The third-order valence-electron chi connectivity index (χ3n) is 2.21. The summed E-state index contributed by atoms with van der Waals surface area (Å²) in [5.41, 5.74) is -0.314. The van der Waals surface area contributed by atoms with E-state index in [-0.39, 0.29) is 10.8 Å². The lowest BCUT2D eigenvalue weighted by atomic mass is 9.85. The van der Waals surface area contributed by atoms with E-state index in [1.807, 2.05) is 0 Å². The van der Waals surface area contributed by atoms with Gasteiger partial charge in [-0.05, 0) is 19.9 Å². The minimum Gasteiger partial charge on any atom is -0.493 e. The predicted molar refractivity (Wildman–Crippen MR) is 56.6 cm³/mol. The zero-order valence-corrected chi connectivity index (χ0v) is 9.52. The van der Waals surface area contributed by atoms with Crippen LogP contribution in [0.3, 0.4) is 0 Å². The standard InChI is InChI=1S/C11H11ClFNO/c1-11(2,6-14)7-4-5-8(12)9(13)10(7)15-3/h4-5H,1-3H3. The Labute approximate surface area is 93.2 Å². The average molecular weight is 228 g/mol. The minimum absolute atomic E-state index is 0.00987. The Morgan fingerprint density at radius 3 is 2.53 bits per heavy atom. The van der Waals surface area contributed by atoms with Crippen molar-refractivity contribution in [3.05, 3.63) is 28.5 Å². The highest BCUT2D eigenvalue weighted by Gasteiger charge is 2.26. The molecule has 1 aromatic rings. The second-order valence-corrected chi connectivity index (χ2v) is 4.09. The van der Waals surface area contributed by atoms with Crippen molar-refractivity contribution in [1.29, 1.82) is 5.26 Å². The van der Waals surface area contributed by atoms with E-state index in [0.717, 1.165) is 0 Å². The Morgan fingerprint density at radius 1 is 1.47 bits per heavy atom. The summed E-state index contributed by atoms with van der Waals surface area (Å²) >= 11 is 5.62. The third kappa shape index (κ3) is 2.05. The number of halogens is 2. The van der Waals surface area contributed by atoms with Gasteiger partial charge in [-0.1, -0.05) is 17.7 Å². The van der Waals surface area contributed by atoms with Gasteiger partial charge in [-0.2, -0.15) is 5.26 Å². The first-order chi connectivity index (χ1) is 6.94. The van der Waals surface area contributed by atoms with Crippen LogP contribution in [0.1, 0.15) is 19.4 Å². The minimum atomic E-state index is -0.809. The molecular formula is C11H11ClFNO. The van der Waals surface area contributed by atoms with Gasteiger partial charge in [-0.25, -0.2) is 4.39 Å². The van der Waals surface area contributed by atoms with Crippen molar-refractivity contribution in [3.8, 4) is 11.8 Å². The van der Waals surface area contributed by atoms with Gasteiger partial charge in [0.05, 0.1) is 23.6 Å². The molecule has 4 heteroatoms. The van der Waals surface area contributed by atoms with Gasteiger partial charge in [0, 0.05) is 5.56 Å². The Kier molecular flexibility index (Phi) is 3.21. The van der Waals surface area contributed by atoms with Gasteiger partial charge >= 0.3 is 0 Å². The molecule has 1 rings (SSSR count). The largest absolute Gasteiger partial charge is 0.493 e. The predicted octanol–water partition coefficient (Wildman–Crippen LogP) is 3.29. The van der Waals surface area contributed by atoms with E-state index in [2.05, 4.69) is 6.07 Å². The number of methoxy groups -OCH3 is 1. The lowest BCUT2D eigenvalue weighted by molar-refractivity contribution is 0.375. The summed E-state index contributed by atoms with van der Waals surface area (Å²) in [7, 11) is 1.35. The smallest absolute Gasteiger partial charge is 0.183 e. The molecule has 1 aromatic carbocycles. The Bertz CT molecular complexity index is 423. The van der Waals surface area contributed by atoms with Gasteiger partial charge in [0.15, 0.2) is 11.6 Å². The second-order valence-electron chi connectivity index (χ2n) is 3.68. The van der Waals surface area contributed by atoms with Crippen LogP contribution in [-0.2, 0) is 5.41 Å². The van der Waals surface area contributed by atoms with Crippen molar-refractivity contribution < 1.29 is 9.13 Å². The molecule has 80 valence electrons. The molecule has 0 aliphatic rings. The van der Waals surface area contributed by atoms with Gasteiger partial charge in [0.25, 0.3) is 0 Å².